The van der Waals surface area contributed by atoms with Gasteiger partial charge in [-0.15, -0.1) is 0 Å². The highest BCUT2D eigenvalue weighted by atomic mass is 32.2. The fourth-order valence-corrected chi connectivity index (χ4v) is 3.50. The lowest BCUT2D eigenvalue weighted by Crippen LogP contribution is -2.12. The number of H-pyrrole nitrogens is 1. The van der Waals surface area contributed by atoms with Gasteiger partial charge in [0.2, 0.25) is 0 Å². The average Bonchev–Trinajstić information content (AvgIpc) is 2.67. The van der Waals surface area contributed by atoms with E-state index in [2.05, 4.69) is 9.97 Å². The highest BCUT2D eigenvalue weighted by Crippen LogP contribution is 2.38. The van der Waals surface area contributed by atoms with Crippen LogP contribution >= 0.6 is 11.8 Å². The number of nitro benzene ring substituents is 1. The maximum atomic E-state index is 12.7. The van der Waals surface area contributed by atoms with Crippen molar-refractivity contribution in [2.24, 2.45) is 0 Å². The van der Waals surface area contributed by atoms with Crippen LogP contribution in [0.25, 0.3) is 11.1 Å². The molecule has 2 aromatic heterocycles. The van der Waals surface area contributed by atoms with Crippen LogP contribution in [0, 0.1) is 28.4 Å². The number of nitrogens with zero attached hydrogens (tertiary/aromatic N) is 3. The number of alkyl halides is 3. The number of aryl methyl sites for hydroxylation is 1. The SMILES string of the molecule is Cc1cc(-c2ccc(Sc3ccc(C(F)(F)F)cn3)c([N+](=O)[O-])c2)c(C#N)c(=O)[nH]1. The van der Waals surface area contributed by atoms with Crippen LogP contribution in [0.4, 0.5) is 18.9 Å². The molecule has 0 aliphatic rings. The highest BCUT2D eigenvalue weighted by molar-refractivity contribution is 7.99. The molecule has 0 aliphatic heterocycles. The summed E-state index contributed by atoms with van der Waals surface area (Å²) in [5, 5.41) is 21.0. The van der Waals surface area contributed by atoms with Gasteiger partial charge in [-0.3, -0.25) is 14.9 Å². The first kappa shape index (κ1) is 21.1. The molecular formula is C19H11F3N4O3S. The van der Waals surface area contributed by atoms with Gasteiger partial charge in [0.1, 0.15) is 16.7 Å². The van der Waals surface area contributed by atoms with E-state index in [1.165, 1.54) is 24.3 Å². The average molecular weight is 432 g/mol. The number of nitro groups is 1. The van der Waals surface area contributed by atoms with Crippen LogP contribution in [-0.4, -0.2) is 14.9 Å². The lowest BCUT2D eigenvalue weighted by Gasteiger charge is -2.09. The third-order valence-corrected chi connectivity index (χ3v) is 5.04. The third kappa shape index (κ3) is 4.33. The number of halogens is 3. The number of nitrogens with one attached hydrogen (secondary N) is 1. The van der Waals surface area contributed by atoms with Gasteiger partial charge in [-0.1, -0.05) is 17.8 Å². The van der Waals surface area contributed by atoms with Crippen molar-refractivity contribution in [1.82, 2.24) is 9.97 Å². The first-order valence-corrected chi connectivity index (χ1v) is 9.05. The predicted molar refractivity (Wildman–Crippen MR) is 102 cm³/mol. The predicted octanol–water partition coefficient (Wildman–Crippen LogP) is 4.70. The number of pyridine rings is 2. The molecule has 0 aliphatic carbocycles. The molecule has 0 bridgehead atoms. The Balaban J connectivity index is 2.03. The van der Waals surface area contributed by atoms with Crippen molar-refractivity contribution in [2.45, 2.75) is 23.0 Å². The molecule has 0 radical (unpaired) electrons. The van der Waals surface area contributed by atoms with E-state index in [4.69, 9.17) is 0 Å². The van der Waals surface area contributed by atoms with Gasteiger partial charge >= 0.3 is 6.18 Å². The Kier molecular flexibility index (Phi) is 5.62. The molecule has 1 N–H and O–H groups in total. The van der Waals surface area contributed by atoms with Crippen molar-refractivity contribution < 1.29 is 18.1 Å². The zero-order chi connectivity index (χ0) is 22.1. The van der Waals surface area contributed by atoms with Crippen LogP contribution < -0.4 is 5.56 Å². The first-order valence-electron chi connectivity index (χ1n) is 8.24. The third-order valence-electron chi connectivity index (χ3n) is 4.02. The van der Waals surface area contributed by atoms with E-state index in [-0.39, 0.29) is 32.3 Å². The minimum absolute atomic E-state index is 0.142. The standard InChI is InChI=1S/C19H11F3N4O3S/c1-10-6-13(14(8-23)18(27)25-10)11-2-4-16(15(7-11)26(28)29)30-17-5-3-12(9-24-17)19(20,21)22/h2-7,9H,1H3,(H,25,27). The zero-order valence-electron chi connectivity index (χ0n) is 15.1. The Hall–Kier alpha value is -3.65. The Labute approximate surface area is 171 Å². The number of hydrogen-bond acceptors (Lipinski definition) is 6. The molecule has 0 amide bonds. The van der Waals surface area contributed by atoms with Gasteiger partial charge < -0.3 is 4.98 Å². The summed E-state index contributed by atoms with van der Waals surface area (Å²) in [6.45, 7) is 1.61. The van der Waals surface area contributed by atoms with E-state index in [1.807, 2.05) is 0 Å². The van der Waals surface area contributed by atoms with Crippen LogP contribution in [0.1, 0.15) is 16.8 Å². The van der Waals surface area contributed by atoms with Gasteiger partial charge in [0.25, 0.3) is 11.2 Å². The van der Waals surface area contributed by atoms with E-state index in [9.17, 15) is 33.3 Å². The molecule has 0 saturated heterocycles. The molecule has 0 saturated carbocycles. The van der Waals surface area contributed by atoms with Crippen LogP contribution in [0.15, 0.2) is 57.3 Å². The van der Waals surface area contributed by atoms with Crippen molar-refractivity contribution in [1.29, 1.82) is 5.26 Å². The van der Waals surface area contributed by atoms with E-state index >= 15 is 0 Å². The lowest BCUT2D eigenvalue weighted by molar-refractivity contribution is -0.387. The molecule has 0 spiro atoms. The van der Waals surface area contributed by atoms with Crippen molar-refractivity contribution in [2.75, 3.05) is 0 Å². The van der Waals surface area contributed by atoms with Gasteiger partial charge in [0.15, 0.2) is 0 Å². The van der Waals surface area contributed by atoms with Gasteiger partial charge in [-0.25, -0.2) is 4.98 Å². The van der Waals surface area contributed by atoms with E-state index < -0.39 is 22.2 Å². The molecule has 7 nitrogen and oxygen atoms in total. The molecule has 3 aromatic rings. The van der Waals surface area contributed by atoms with E-state index in [0.717, 1.165) is 23.9 Å². The quantitative estimate of drug-likeness (QED) is 0.473. The second-order valence-electron chi connectivity index (χ2n) is 6.11. The molecule has 0 unspecified atom stereocenters. The van der Waals surface area contributed by atoms with E-state index in [1.54, 1.807) is 13.0 Å². The lowest BCUT2D eigenvalue weighted by atomic mass is 10.0. The fraction of sp³-hybridized carbons (Fsp3) is 0.105. The van der Waals surface area contributed by atoms with Crippen LogP contribution in [-0.2, 0) is 6.18 Å². The molecule has 152 valence electrons. The Morgan fingerprint density at radius 3 is 2.53 bits per heavy atom. The molecule has 30 heavy (non-hydrogen) atoms. The summed E-state index contributed by atoms with van der Waals surface area (Å²) < 4.78 is 38.0. The summed E-state index contributed by atoms with van der Waals surface area (Å²) in [6, 6.07) is 9.39. The maximum absolute atomic E-state index is 12.7. The van der Waals surface area contributed by atoms with Crippen LogP contribution in [0.3, 0.4) is 0 Å². The van der Waals surface area contributed by atoms with Gasteiger partial charge in [0.05, 0.1) is 15.4 Å². The second kappa shape index (κ2) is 8.00. The highest BCUT2D eigenvalue weighted by Gasteiger charge is 2.30. The second-order valence-corrected chi connectivity index (χ2v) is 7.17. The number of aromatic amines is 1. The molecule has 2 heterocycles. The monoisotopic (exact) mass is 432 g/mol. The number of benzene rings is 1. The Morgan fingerprint density at radius 2 is 1.97 bits per heavy atom. The molecule has 0 atom stereocenters. The van der Waals surface area contributed by atoms with Crippen molar-refractivity contribution in [3.63, 3.8) is 0 Å². The van der Waals surface area contributed by atoms with Crippen molar-refractivity contribution in [3.05, 3.63) is 79.9 Å². The Morgan fingerprint density at radius 1 is 1.23 bits per heavy atom. The molecule has 1 aromatic carbocycles. The van der Waals surface area contributed by atoms with Crippen molar-refractivity contribution >= 4 is 17.4 Å². The van der Waals surface area contributed by atoms with Crippen molar-refractivity contribution in [3.8, 4) is 17.2 Å². The van der Waals surface area contributed by atoms with Crippen LogP contribution in [0.5, 0.6) is 0 Å². The normalized spacial score (nSPS) is 11.2. The summed E-state index contributed by atoms with van der Waals surface area (Å²) in [4.78, 5) is 29.2. The number of rotatable bonds is 4. The van der Waals surface area contributed by atoms with Crippen LogP contribution in [0.2, 0.25) is 0 Å². The topological polar surface area (TPSA) is 113 Å². The van der Waals surface area contributed by atoms with Gasteiger partial charge in [-0.05, 0) is 36.8 Å². The Bertz CT molecular complexity index is 1230. The number of aromatic nitrogens is 2. The van der Waals surface area contributed by atoms with E-state index in [0.29, 0.717) is 11.9 Å². The summed E-state index contributed by atoms with van der Waals surface area (Å²) in [6.07, 6.45) is -3.88. The maximum Gasteiger partial charge on any atom is 0.417 e. The minimum atomic E-state index is -4.53. The molecular weight excluding hydrogens is 421 g/mol. The summed E-state index contributed by atoms with van der Waals surface area (Å²) in [5.74, 6) is 0. The van der Waals surface area contributed by atoms with Gasteiger partial charge in [-0.2, -0.15) is 18.4 Å². The molecule has 0 fully saturated rings. The summed E-state index contributed by atoms with van der Waals surface area (Å²) in [7, 11) is 0. The summed E-state index contributed by atoms with van der Waals surface area (Å²) >= 11 is 0.829. The zero-order valence-corrected chi connectivity index (χ0v) is 16.0. The fourth-order valence-electron chi connectivity index (χ4n) is 2.66. The van der Waals surface area contributed by atoms with Gasteiger partial charge in [0, 0.05) is 23.5 Å². The summed E-state index contributed by atoms with van der Waals surface area (Å²) in [5.41, 5.74) is -1.04. The number of hydrogen-bond donors (Lipinski definition) is 1. The molecule has 3 rings (SSSR count). The largest absolute Gasteiger partial charge is 0.417 e. The smallest absolute Gasteiger partial charge is 0.325 e. The minimum Gasteiger partial charge on any atom is -0.325 e. The number of nitriles is 1. The first-order chi connectivity index (χ1) is 14.1. The molecule has 11 heteroatoms.